The van der Waals surface area contributed by atoms with Gasteiger partial charge in [0.05, 0.1) is 23.7 Å². The Hall–Kier alpha value is -4.02. The van der Waals surface area contributed by atoms with Gasteiger partial charge in [0.2, 0.25) is 10.0 Å². The highest BCUT2D eigenvalue weighted by Gasteiger charge is 2.13. The minimum absolute atomic E-state index is 0.112. The molecule has 9 nitrogen and oxygen atoms in total. The van der Waals surface area contributed by atoms with Crippen molar-refractivity contribution in [3.63, 3.8) is 0 Å². The summed E-state index contributed by atoms with van der Waals surface area (Å²) in [4.78, 5) is 17.9. The fourth-order valence-corrected chi connectivity index (χ4v) is 4.86. The average molecular weight is 473 g/mol. The first-order valence-electron chi connectivity index (χ1n) is 10.5. The molecule has 0 amide bonds. The molecule has 0 atom stereocenters. The molecule has 3 aromatic heterocycles. The highest BCUT2D eigenvalue weighted by atomic mass is 32.2. The number of fused-ring (bicyclic) bond motifs is 2. The molecule has 0 aliphatic rings. The van der Waals surface area contributed by atoms with Gasteiger partial charge in [-0.05, 0) is 40.8 Å². The lowest BCUT2D eigenvalue weighted by Crippen LogP contribution is -2.24. The van der Waals surface area contributed by atoms with E-state index in [9.17, 15) is 13.2 Å². The number of benzene rings is 1. The molecular formula is C24H20N6O3S. The second-order valence-corrected chi connectivity index (χ2v) is 9.78. The summed E-state index contributed by atoms with van der Waals surface area (Å²) in [5.74, 6) is -0.253. The first kappa shape index (κ1) is 21.8. The molecule has 0 spiro atoms. The van der Waals surface area contributed by atoms with Crippen LogP contribution in [-0.4, -0.2) is 33.4 Å². The fourth-order valence-electron chi connectivity index (χ4n) is 3.75. The summed E-state index contributed by atoms with van der Waals surface area (Å²) in [5, 5.41) is 13.2. The predicted molar refractivity (Wildman–Crippen MR) is 129 cm³/mol. The summed E-state index contributed by atoms with van der Waals surface area (Å²) in [5.41, 5.74) is 3.22. The zero-order chi connectivity index (χ0) is 23.7. The van der Waals surface area contributed by atoms with Crippen molar-refractivity contribution in [2.24, 2.45) is 7.05 Å². The van der Waals surface area contributed by atoms with Crippen LogP contribution < -0.4 is 10.2 Å². The largest absolute Gasteiger partial charge is 0.289 e. The number of nitrogens with zero attached hydrogens (tertiary/aromatic N) is 5. The second-order valence-electron chi connectivity index (χ2n) is 7.97. The van der Waals surface area contributed by atoms with Gasteiger partial charge in [0.15, 0.2) is 5.43 Å². The molecular weight excluding hydrogens is 452 g/mol. The van der Waals surface area contributed by atoms with Gasteiger partial charge in [0.1, 0.15) is 0 Å². The van der Waals surface area contributed by atoms with E-state index in [1.807, 2.05) is 19.3 Å². The monoisotopic (exact) mass is 472 g/mol. The van der Waals surface area contributed by atoms with Crippen LogP contribution in [0, 0.1) is 0 Å². The van der Waals surface area contributed by atoms with Gasteiger partial charge in [0.25, 0.3) is 0 Å². The molecule has 1 N–H and O–H groups in total. The number of sulfonamides is 1. The maximum absolute atomic E-state index is 13.5. The molecule has 0 unspecified atom stereocenters. The van der Waals surface area contributed by atoms with Crippen LogP contribution in [0.25, 0.3) is 32.8 Å². The minimum Gasteiger partial charge on any atom is -0.289 e. The molecule has 3 heterocycles. The van der Waals surface area contributed by atoms with Crippen LogP contribution in [0.5, 0.6) is 0 Å². The summed E-state index contributed by atoms with van der Waals surface area (Å²) in [7, 11) is -1.81. The molecule has 0 aliphatic heterocycles. The van der Waals surface area contributed by atoms with Crippen LogP contribution in [-0.2, 0) is 29.4 Å². The van der Waals surface area contributed by atoms with Gasteiger partial charge < -0.3 is 0 Å². The number of aromatic nitrogens is 5. The van der Waals surface area contributed by atoms with E-state index in [0.717, 1.165) is 11.1 Å². The lowest BCUT2D eigenvalue weighted by atomic mass is 10.1. The molecule has 0 saturated carbocycles. The topological polar surface area (TPSA) is 120 Å². The number of rotatable bonds is 6. The van der Waals surface area contributed by atoms with E-state index in [1.54, 1.807) is 53.5 Å². The number of pyridine rings is 1. The Morgan fingerprint density at radius 2 is 1.76 bits per heavy atom. The Morgan fingerprint density at radius 1 is 0.912 bits per heavy atom. The summed E-state index contributed by atoms with van der Waals surface area (Å²) in [6, 6.07) is 12.2. The third-order valence-corrected chi connectivity index (χ3v) is 6.78. The summed E-state index contributed by atoms with van der Waals surface area (Å²) < 4.78 is 29.5. The maximum atomic E-state index is 13.5. The van der Waals surface area contributed by atoms with Crippen molar-refractivity contribution >= 4 is 31.7 Å². The Balaban J connectivity index is 1.51. The normalized spacial score (nSPS) is 11.8. The van der Waals surface area contributed by atoms with Crippen LogP contribution in [0.4, 0.5) is 0 Å². The smallest absolute Gasteiger partial charge is 0.216 e. The van der Waals surface area contributed by atoms with E-state index < -0.39 is 10.0 Å². The van der Waals surface area contributed by atoms with Crippen molar-refractivity contribution in [1.29, 1.82) is 0 Å². The zero-order valence-corrected chi connectivity index (χ0v) is 19.0. The van der Waals surface area contributed by atoms with E-state index >= 15 is 0 Å². The molecule has 10 heteroatoms. The van der Waals surface area contributed by atoms with Gasteiger partial charge in [-0.2, -0.15) is 15.3 Å². The molecule has 5 rings (SSSR count). The summed E-state index contributed by atoms with van der Waals surface area (Å²) in [6.45, 7) is 0.112. The molecule has 34 heavy (non-hydrogen) atoms. The Labute approximate surface area is 195 Å². The second kappa shape index (κ2) is 8.73. The molecule has 0 saturated heterocycles. The van der Waals surface area contributed by atoms with Crippen LogP contribution in [0.3, 0.4) is 0 Å². The van der Waals surface area contributed by atoms with Crippen LogP contribution in [0.15, 0.2) is 78.2 Å². The van der Waals surface area contributed by atoms with Crippen molar-refractivity contribution in [2.75, 3.05) is 0 Å². The van der Waals surface area contributed by atoms with Gasteiger partial charge in [-0.1, -0.05) is 18.2 Å². The standard InChI is InChI=1S/C24H20N6O3S/c1-30-14-20(13-28-30)19-9-22-23(25-12-19)5-4-18-3-2-16(8-21(18)24(22)31)15-34(32,33)29-11-17-6-7-26-27-10-17/h2-10,12-14,29H,11,15H2,1H3. The quantitative estimate of drug-likeness (QED) is 0.403. The maximum Gasteiger partial charge on any atom is 0.216 e. The lowest BCUT2D eigenvalue weighted by Gasteiger charge is -2.07. The SMILES string of the molecule is Cn1cc(-c2cnc3ccc4ccc(CS(=O)(=O)NCc5ccnnc5)cc4c(=O)c3c2)cn1. The van der Waals surface area contributed by atoms with Crippen LogP contribution >= 0.6 is 0 Å². The van der Waals surface area contributed by atoms with E-state index in [0.29, 0.717) is 32.8 Å². The molecule has 170 valence electrons. The summed E-state index contributed by atoms with van der Waals surface area (Å²) in [6.07, 6.45) is 8.28. The number of hydrogen-bond acceptors (Lipinski definition) is 7. The first-order chi connectivity index (χ1) is 16.4. The molecule has 0 radical (unpaired) electrons. The Bertz CT molecular complexity index is 1680. The number of nitrogens with one attached hydrogen (secondary N) is 1. The van der Waals surface area contributed by atoms with E-state index in [1.165, 1.54) is 12.4 Å². The van der Waals surface area contributed by atoms with Crippen molar-refractivity contribution in [2.45, 2.75) is 12.3 Å². The molecule has 0 bridgehead atoms. The Morgan fingerprint density at radius 3 is 2.53 bits per heavy atom. The number of hydrogen-bond donors (Lipinski definition) is 1. The number of aryl methyl sites for hydroxylation is 1. The minimum atomic E-state index is -3.64. The van der Waals surface area contributed by atoms with E-state index in [4.69, 9.17) is 0 Å². The van der Waals surface area contributed by atoms with Crippen molar-refractivity contribution in [3.8, 4) is 11.1 Å². The van der Waals surface area contributed by atoms with Crippen LogP contribution in [0.1, 0.15) is 11.1 Å². The van der Waals surface area contributed by atoms with Gasteiger partial charge >= 0.3 is 0 Å². The summed E-state index contributed by atoms with van der Waals surface area (Å²) >= 11 is 0. The van der Waals surface area contributed by atoms with Gasteiger partial charge in [-0.15, -0.1) is 0 Å². The van der Waals surface area contributed by atoms with Crippen LogP contribution in [0.2, 0.25) is 0 Å². The predicted octanol–water partition coefficient (Wildman–Crippen LogP) is 2.56. The van der Waals surface area contributed by atoms with Crippen molar-refractivity contribution in [3.05, 3.63) is 94.8 Å². The van der Waals surface area contributed by atoms with Gasteiger partial charge in [-0.25, -0.2) is 13.1 Å². The highest BCUT2D eigenvalue weighted by molar-refractivity contribution is 7.88. The van der Waals surface area contributed by atoms with Crippen molar-refractivity contribution in [1.82, 2.24) is 29.7 Å². The molecule has 0 fully saturated rings. The molecule has 2 aromatic carbocycles. The highest BCUT2D eigenvalue weighted by Crippen LogP contribution is 2.22. The van der Waals surface area contributed by atoms with Crippen molar-refractivity contribution < 1.29 is 8.42 Å². The van der Waals surface area contributed by atoms with Gasteiger partial charge in [0, 0.05) is 54.1 Å². The van der Waals surface area contributed by atoms with E-state index in [2.05, 4.69) is 25.0 Å². The zero-order valence-electron chi connectivity index (χ0n) is 18.2. The molecule has 5 aromatic rings. The fraction of sp³-hybridized carbons (Fsp3) is 0.125. The first-order valence-corrected chi connectivity index (χ1v) is 12.1. The average Bonchev–Trinajstić information content (AvgIpc) is 3.22. The lowest BCUT2D eigenvalue weighted by molar-refractivity contribution is 0.580. The third kappa shape index (κ3) is 4.54. The third-order valence-electron chi connectivity index (χ3n) is 5.48. The van der Waals surface area contributed by atoms with E-state index in [-0.39, 0.29) is 17.7 Å². The van der Waals surface area contributed by atoms with Gasteiger partial charge in [-0.3, -0.25) is 14.5 Å². The molecule has 0 aliphatic carbocycles. The Kier molecular flexibility index (Phi) is 5.60.